The van der Waals surface area contributed by atoms with Crippen molar-refractivity contribution in [2.45, 2.75) is 32.1 Å². The van der Waals surface area contributed by atoms with Gasteiger partial charge in [0.25, 0.3) is 5.56 Å². The molecule has 2 aromatic rings. The summed E-state index contributed by atoms with van der Waals surface area (Å²) in [6.45, 7) is 5.67. The smallest absolute Gasteiger partial charge is 0.276 e. The molecule has 1 aromatic heterocycles. The number of aromatic nitrogens is 2. The van der Waals surface area contributed by atoms with E-state index in [4.69, 9.17) is 9.47 Å². The van der Waals surface area contributed by atoms with Gasteiger partial charge < -0.3 is 9.47 Å². The minimum atomic E-state index is -0.459. The number of hydrogen-bond donors (Lipinski definition) is 0. The molecule has 0 amide bonds. The molecular weight excluding hydrogens is 318 g/mol. The van der Waals surface area contributed by atoms with Gasteiger partial charge in [-0.05, 0) is 32.0 Å². The van der Waals surface area contributed by atoms with E-state index in [1.54, 1.807) is 4.68 Å². The van der Waals surface area contributed by atoms with E-state index in [1.807, 2.05) is 49.0 Å². The zero-order chi connectivity index (χ0) is 17.4. The summed E-state index contributed by atoms with van der Waals surface area (Å²) in [5, 5.41) is 0. The zero-order valence-electron chi connectivity index (χ0n) is 14.9. The van der Waals surface area contributed by atoms with E-state index < -0.39 is 5.79 Å². The first-order valence-electron chi connectivity index (χ1n) is 8.93. The molecule has 1 spiro atoms. The highest BCUT2D eigenvalue weighted by atomic mass is 16.7. The molecule has 134 valence electrons. The predicted molar refractivity (Wildman–Crippen MR) is 94.9 cm³/mol. The lowest BCUT2D eigenvalue weighted by Crippen LogP contribution is -2.48. The predicted octanol–water partition coefficient (Wildman–Crippen LogP) is 1.82. The normalized spacial score (nSPS) is 20.4. The first kappa shape index (κ1) is 16.6. The van der Waals surface area contributed by atoms with Crippen molar-refractivity contribution in [3.8, 4) is 5.69 Å². The second-order valence-corrected chi connectivity index (χ2v) is 6.96. The van der Waals surface area contributed by atoms with Crippen LogP contribution in [-0.4, -0.2) is 46.4 Å². The maximum absolute atomic E-state index is 13.1. The number of para-hydroxylation sites is 1. The SMILES string of the molecule is Cc1c(CN2CCCC3(C2)OCCO3)c(=O)n(-c2ccccc2)n1C. The molecule has 0 bridgehead atoms. The minimum absolute atomic E-state index is 0.0547. The third-order valence-corrected chi connectivity index (χ3v) is 5.37. The highest BCUT2D eigenvalue weighted by Gasteiger charge is 2.41. The number of nitrogens with zero attached hydrogens (tertiary/aromatic N) is 3. The molecule has 6 heteroatoms. The lowest BCUT2D eigenvalue weighted by molar-refractivity contribution is -0.190. The van der Waals surface area contributed by atoms with Crippen molar-refractivity contribution in [2.75, 3.05) is 26.3 Å². The molecule has 6 nitrogen and oxygen atoms in total. The third kappa shape index (κ3) is 2.94. The molecule has 2 aliphatic heterocycles. The van der Waals surface area contributed by atoms with Crippen molar-refractivity contribution in [3.63, 3.8) is 0 Å². The first-order chi connectivity index (χ1) is 12.1. The molecule has 2 saturated heterocycles. The van der Waals surface area contributed by atoms with Crippen LogP contribution in [0.4, 0.5) is 0 Å². The molecule has 0 radical (unpaired) electrons. The first-order valence-corrected chi connectivity index (χ1v) is 8.93. The molecule has 0 atom stereocenters. The van der Waals surface area contributed by atoms with Crippen molar-refractivity contribution in [2.24, 2.45) is 7.05 Å². The average Bonchev–Trinajstić information content (AvgIpc) is 3.15. The summed E-state index contributed by atoms with van der Waals surface area (Å²) in [7, 11) is 1.94. The number of piperidine rings is 1. The monoisotopic (exact) mass is 343 g/mol. The topological polar surface area (TPSA) is 48.6 Å². The van der Waals surface area contributed by atoms with Gasteiger partial charge in [0.1, 0.15) is 0 Å². The lowest BCUT2D eigenvalue weighted by atomic mass is 10.0. The second kappa shape index (κ2) is 6.44. The van der Waals surface area contributed by atoms with Gasteiger partial charge in [0.15, 0.2) is 5.79 Å². The average molecular weight is 343 g/mol. The largest absolute Gasteiger partial charge is 0.346 e. The summed E-state index contributed by atoms with van der Waals surface area (Å²) in [6.07, 6.45) is 1.96. The summed E-state index contributed by atoms with van der Waals surface area (Å²) >= 11 is 0. The van der Waals surface area contributed by atoms with Gasteiger partial charge >= 0.3 is 0 Å². The van der Waals surface area contributed by atoms with Crippen molar-refractivity contribution in [1.29, 1.82) is 0 Å². The molecule has 0 N–H and O–H groups in total. The Bertz CT molecular complexity index is 803. The maximum Gasteiger partial charge on any atom is 0.276 e. The van der Waals surface area contributed by atoms with Crippen LogP contribution in [0.15, 0.2) is 35.1 Å². The Labute approximate surface area is 147 Å². The van der Waals surface area contributed by atoms with Crippen LogP contribution < -0.4 is 5.56 Å². The number of benzene rings is 1. The third-order valence-electron chi connectivity index (χ3n) is 5.37. The molecule has 0 saturated carbocycles. The van der Waals surface area contributed by atoms with Gasteiger partial charge in [-0.1, -0.05) is 18.2 Å². The van der Waals surface area contributed by atoms with E-state index in [-0.39, 0.29) is 5.56 Å². The molecule has 25 heavy (non-hydrogen) atoms. The molecule has 1 aromatic carbocycles. The summed E-state index contributed by atoms with van der Waals surface area (Å²) < 4.78 is 15.4. The molecular formula is C19H25N3O3. The maximum atomic E-state index is 13.1. The molecule has 0 unspecified atom stereocenters. The van der Waals surface area contributed by atoms with E-state index in [0.717, 1.165) is 42.9 Å². The lowest BCUT2D eigenvalue weighted by Gasteiger charge is -2.38. The van der Waals surface area contributed by atoms with Crippen molar-refractivity contribution < 1.29 is 9.47 Å². The van der Waals surface area contributed by atoms with E-state index >= 15 is 0 Å². The summed E-state index contributed by atoms with van der Waals surface area (Å²) in [5.41, 5.74) is 2.80. The number of ether oxygens (including phenoxy) is 2. The van der Waals surface area contributed by atoms with Gasteiger partial charge in [-0.3, -0.25) is 14.4 Å². The number of hydrogen-bond acceptors (Lipinski definition) is 4. The van der Waals surface area contributed by atoms with Crippen LogP contribution in [0.5, 0.6) is 0 Å². The fourth-order valence-corrected chi connectivity index (χ4v) is 3.97. The Morgan fingerprint density at radius 1 is 1.16 bits per heavy atom. The van der Waals surface area contributed by atoms with Gasteiger partial charge in [-0.15, -0.1) is 0 Å². The van der Waals surface area contributed by atoms with Crippen molar-refractivity contribution in [3.05, 3.63) is 51.9 Å². The zero-order valence-corrected chi connectivity index (χ0v) is 14.9. The molecule has 0 aliphatic carbocycles. The van der Waals surface area contributed by atoms with Crippen molar-refractivity contribution >= 4 is 0 Å². The molecule has 3 heterocycles. The molecule has 2 aliphatic rings. The van der Waals surface area contributed by atoms with Gasteiger partial charge in [0.05, 0.1) is 31.0 Å². The standard InChI is InChI=1S/C19H25N3O3/c1-15-17(13-21-10-6-9-19(14-21)24-11-12-25-19)18(23)22(20(15)2)16-7-4-3-5-8-16/h3-5,7-8H,6,9-14H2,1-2H3. The van der Waals surface area contributed by atoms with Gasteiger partial charge in [-0.25, -0.2) is 4.68 Å². The molecule has 2 fully saturated rings. The van der Waals surface area contributed by atoms with Gasteiger partial charge in [0, 0.05) is 25.7 Å². The van der Waals surface area contributed by atoms with Crippen LogP contribution in [0.25, 0.3) is 5.69 Å². The van der Waals surface area contributed by atoms with E-state index in [0.29, 0.717) is 19.8 Å². The summed E-state index contributed by atoms with van der Waals surface area (Å²) in [5.74, 6) is -0.459. The highest BCUT2D eigenvalue weighted by Crippen LogP contribution is 2.30. The summed E-state index contributed by atoms with van der Waals surface area (Å²) in [6, 6.07) is 9.78. The Kier molecular flexibility index (Phi) is 4.27. The fourth-order valence-electron chi connectivity index (χ4n) is 3.97. The van der Waals surface area contributed by atoms with E-state index in [1.165, 1.54) is 0 Å². The number of likely N-dealkylation sites (tertiary alicyclic amines) is 1. The Hall–Kier alpha value is -1.89. The van der Waals surface area contributed by atoms with E-state index in [2.05, 4.69) is 4.90 Å². The highest BCUT2D eigenvalue weighted by molar-refractivity contribution is 5.33. The van der Waals surface area contributed by atoms with Gasteiger partial charge in [-0.2, -0.15) is 0 Å². The second-order valence-electron chi connectivity index (χ2n) is 6.96. The van der Waals surface area contributed by atoms with Crippen molar-refractivity contribution in [1.82, 2.24) is 14.3 Å². The van der Waals surface area contributed by atoms with Crippen LogP contribution in [0, 0.1) is 6.92 Å². The van der Waals surface area contributed by atoms with Crippen LogP contribution in [0.2, 0.25) is 0 Å². The van der Waals surface area contributed by atoms with Crippen LogP contribution in [0.3, 0.4) is 0 Å². The van der Waals surface area contributed by atoms with Gasteiger partial charge in [0.2, 0.25) is 0 Å². The Morgan fingerprint density at radius 3 is 2.60 bits per heavy atom. The minimum Gasteiger partial charge on any atom is -0.346 e. The molecule has 4 rings (SSSR count). The fraction of sp³-hybridized carbons (Fsp3) is 0.526. The summed E-state index contributed by atoms with van der Waals surface area (Å²) in [4.78, 5) is 15.3. The van der Waals surface area contributed by atoms with Crippen LogP contribution >= 0.6 is 0 Å². The Morgan fingerprint density at radius 2 is 1.88 bits per heavy atom. The quantitative estimate of drug-likeness (QED) is 0.853. The van der Waals surface area contributed by atoms with Crippen LogP contribution in [-0.2, 0) is 23.1 Å². The Balaban J connectivity index is 1.62. The number of rotatable bonds is 3. The van der Waals surface area contributed by atoms with Crippen LogP contribution in [0.1, 0.15) is 24.1 Å². The van der Waals surface area contributed by atoms with E-state index in [9.17, 15) is 4.79 Å².